The van der Waals surface area contributed by atoms with Crippen molar-refractivity contribution in [1.29, 1.82) is 0 Å². The Kier molecular flexibility index (Phi) is 12.7. The van der Waals surface area contributed by atoms with E-state index in [1.807, 2.05) is 0 Å². The van der Waals surface area contributed by atoms with E-state index in [1.165, 1.54) is 28.2 Å². The molecule has 4 atom stereocenters. The highest BCUT2D eigenvalue weighted by atomic mass is 16.4. The van der Waals surface area contributed by atoms with E-state index >= 15 is 0 Å². The molecule has 0 unspecified atom stereocenters. The molecule has 0 aromatic carbocycles. The van der Waals surface area contributed by atoms with Crippen molar-refractivity contribution >= 4 is 35.5 Å². The van der Waals surface area contributed by atoms with Crippen molar-refractivity contribution in [3.05, 3.63) is 34.7 Å². The van der Waals surface area contributed by atoms with Crippen molar-refractivity contribution in [2.24, 2.45) is 5.92 Å². The summed E-state index contributed by atoms with van der Waals surface area (Å²) >= 11 is 0. The molecule has 0 spiro atoms. The van der Waals surface area contributed by atoms with Gasteiger partial charge in [0.1, 0.15) is 24.7 Å². The second-order valence-corrected chi connectivity index (χ2v) is 12.6. The Hall–Kier alpha value is -4.23. The molecule has 1 aromatic heterocycles. The van der Waals surface area contributed by atoms with Gasteiger partial charge in [-0.2, -0.15) is 0 Å². The Balaban J connectivity index is 1.52. The molecule has 46 heavy (non-hydrogen) atoms. The zero-order chi connectivity index (χ0) is 33.1. The molecule has 0 radical (unpaired) electrons. The summed E-state index contributed by atoms with van der Waals surface area (Å²) in [6, 6.07) is 0.412. The van der Waals surface area contributed by atoms with Crippen LogP contribution < -0.4 is 26.8 Å². The van der Waals surface area contributed by atoms with Crippen molar-refractivity contribution in [2.45, 2.75) is 114 Å². The number of aliphatic carboxylic acids is 1. The molecule has 1 saturated carbocycles. The molecule has 1 aromatic rings. The summed E-state index contributed by atoms with van der Waals surface area (Å²) in [5.41, 5.74) is -0.359. The van der Waals surface area contributed by atoms with Gasteiger partial charge in [-0.25, -0.2) is 4.79 Å². The number of pyridine rings is 1. The van der Waals surface area contributed by atoms with Crippen LogP contribution in [-0.4, -0.2) is 87.3 Å². The molecule has 14 heteroatoms. The molecule has 1 aliphatic carbocycles. The molecule has 3 fully saturated rings. The van der Waals surface area contributed by atoms with Gasteiger partial charge in [-0.1, -0.05) is 38.2 Å². The topological polar surface area (TPSA) is 196 Å². The second-order valence-electron chi connectivity index (χ2n) is 12.6. The summed E-state index contributed by atoms with van der Waals surface area (Å²) in [5, 5.41) is 20.7. The number of carbonyl (C=O) groups excluding carboxylic acids is 5. The minimum absolute atomic E-state index is 0.00216. The van der Waals surface area contributed by atoms with E-state index < -0.39 is 47.9 Å². The normalized spacial score (nSPS) is 25.3. The lowest BCUT2D eigenvalue weighted by atomic mass is 9.86. The summed E-state index contributed by atoms with van der Waals surface area (Å²) in [6.45, 7) is 0.0206. The lowest BCUT2D eigenvalue weighted by Crippen LogP contribution is -2.55. The van der Waals surface area contributed by atoms with Gasteiger partial charge in [-0.3, -0.25) is 28.8 Å². The number of hydrogen-bond acceptors (Lipinski definition) is 7. The number of hydrogen-bond donors (Lipinski definition) is 5. The number of nitrogens with one attached hydrogen (secondary N) is 4. The molecular formula is C32H46N6O8. The zero-order valence-corrected chi connectivity index (χ0v) is 26.2. The largest absolute Gasteiger partial charge is 0.480 e. The van der Waals surface area contributed by atoms with Crippen LogP contribution in [-0.2, 0) is 35.3 Å². The van der Waals surface area contributed by atoms with Crippen molar-refractivity contribution in [3.63, 3.8) is 0 Å². The van der Waals surface area contributed by atoms with E-state index in [9.17, 15) is 38.7 Å². The van der Waals surface area contributed by atoms with Crippen LogP contribution in [0.5, 0.6) is 0 Å². The third kappa shape index (κ3) is 10.1. The Morgan fingerprint density at radius 1 is 0.913 bits per heavy atom. The zero-order valence-electron chi connectivity index (χ0n) is 26.2. The number of aromatic nitrogens is 1. The molecular weight excluding hydrogens is 596 g/mol. The minimum atomic E-state index is -1.37. The third-order valence-corrected chi connectivity index (χ3v) is 9.12. The van der Waals surface area contributed by atoms with Crippen LogP contribution in [0.3, 0.4) is 0 Å². The van der Waals surface area contributed by atoms with Crippen LogP contribution in [0.15, 0.2) is 29.2 Å². The minimum Gasteiger partial charge on any atom is -0.480 e. The molecule has 0 bridgehead atoms. The molecule has 2 saturated heterocycles. The Morgan fingerprint density at radius 2 is 1.67 bits per heavy atom. The van der Waals surface area contributed by atoms with Gasteiger partial charge in [0, 0.05) is 44.2 Å². The molecule has 2 aliphatic heterocycles. The smallest absolute Gasteiger partial charge is 0.326 e. The highest BCUT2D eigenvalue weighted by Crippen LogP contribution is 2.27. The number of rotatable bonds is 8. The van der Waals surface area contributed by atoms with Gasteiger partial charge in [0.05, 0.1) is 0 Å². The average molecular weight is 643 g/mol. The first-order chi connectivity index (χ1) is 22.1. The third-order valence-electron chi connectivity index (χ3n) is 9.12. The number of amides is 5. The summed E-state index contributed by atoms with van der Waals surface area (Å²) in [4.78, 5) is 91.2. The summed E-state index contributed by atoms with van der Waals surface area (Å²) in [7, 11) is 0. The van der Waals surface area contributed by atoms with Gasteiger partial charge in [0.25, 0.3) is 5.56 Å². The first-order valence-electron chi connectivity index (χ1n) is 16.4. The maximum atomic E-state index is 14.1. The van der Waals surface area contributed by atoms with Crippen LogP contribution in [0, 0.1) is 5.92 Å². The predicted octanol–water partition coefficient (Wildman–Crippen LogP) is 0.429. The van der Waals surface area contributed by atoms with Crippen molar-refractivity contribution < 1.29 is 33.9 Å². The molecule has 4 rings (SSSR count). The fourth-order valence-electron chi connectivity index (χ4n) is 6.58. The monoisotopic (exact) mass is 642 g/mol. The first kappa shape index (κ1) is 34.6. The Bertz CT molecular complexity index is 1330. The number of fused-ring (bicyclic) bond motifs is 1. The van der Waals surface area contributed by atoms with Gasteiger partial charge in [0.15, 0.2) is 0 Å². The highest BCUT2D eigenvalue weighted by Gasteiger charge is 2.43. The van der Waals surface area contributed by atoms with Crippen molar-refractivity contribution in [2.75, 3.05) is 13.1 Å². The maximum Gasteiger partial charge on any atom is 0.326 e. The van der Waals surface area contributed by atoms with Gasteiger partial charge >= 0.3 is 5.97 Å². The van der Waals surface area contributed by atoms with Crippen LogP contribution in [0.1, 0.15) is 83.5 Å². The summed E-state index contributed by atoms with van der Waals surface area (Å²) < 4.78 is 1.23. The number of carboxylic acids is 1. The van der Waals surface area contributed by atoms with E-state index in [-0.39, 0.29) is 62.6 Å². The molecule has 252 valence electrons. The molecule has 5 N–H and O–H groups in total. The van der Waals surface area contributed by atoms with E-state index in [0.29, 0.717) is 25.3 Å². The summed E-state index contributed by atoms with van der Waals surface area (Å²) in [5.74, 6) is -3.14. The van der Waals surface area contributed by atoms with Crippen LogP contribution in [0.25, 0.3) is 0 Å². The van der Waals surface area contributed by atoms with E-state index in [0.717, 1.165) is 32.1 Å². The van der Waals surface area contributed by atoms with Crippen LogP contribution in [0.4, 0.5) is 0 Å². The van der Waals surface area contributed by atoms with Crippen molar-refractivity contribution in [1.82, 2.24) is 30.7 Å². The highest BCUT2D eigenvalue weighted by molar-refractivity contribution is 5.94. The lowest BCUT2D eigenvalue weighted by molar-refractivity contribution is -0.145. The van der Waals surface area contributed by atoms with Crippen LogP contribution >= 0.6 is 0 Å². The first-order valence-corrected chi connectivity index (χ1v) is 16.4. The molecule has 14 nitrogen and oxygen atoms in total. The van der Waals surface area contributed by atoms with Gasteiger partial charge < -0.3 is 35.8 Å². The van der Waals surface area contributed by atoms with Gasteiger partial charge in [-0.15, -0.1) is 0 Å². The second kappa shape index (κ2) is 16.9. The average Bonchev–Trinajstić information content (AvgIpc) is 3.45. The quantitative estimate of drug-likeness (QED) is 0.269. The fraction of sp³-hybridized carbons (Fsp3) is 0.656. The predicted molar refractivity (Wildman–Crippen MR) is 166 cm³/mol. The van der Waals surface area contributed by atoms with E-state index in [1.54, 1.807) is 12.1 Å². The fourth-order valence-corrected chi connectivity index (χ4v) is 6.58. The molecule has 3 heterocycles. The van der Waals surface area contributed by atoms with Gasteiger partial charge in [-0.05, 0) is 50.5 Å². The standard InChI is InChI=1S/C32H46N6O8/c39-26-15-13-24(32(45)46)36-30(43)25-18-22(34-28(41)20-37-17-7-5-11-29(37)42)19-38(25)31(44)23(10-4-6-16-33-26)35-27(40)14-12-21-8-2-1-3-9-21/h5,7,11,17,21-25H,1-4,6,8-10,12-16,18-20H2,(H,33,39)(H,34,41)(H,35,40)(H,36,43)(H,45,46)/t22-,23+,24+,25+/m1/s1. The van der Waals surface area contributed by atoms with Crippen molar-refractivity contribution in [3.8, 4) is 0 Å². The lowest BCUT2D eigenvalue weighted by Gasteiger charge is -2.29. The number of carbonyl (C=O) groups is 6. The molecule has 3 aliphatic rings. The van der Waals surface area contributed by atoms with E-state index in [2.05, 4.69) is 21.3 Å². The SMILES string of the molecule is O=C1CC[C@@H](C(=O)O)NC(=O)[C@@H]2C[C@@H](NC(=O)Cn3ccccc3=O)CN2C(=O)[C@@H](NC(=O)CCC2CCCCC2)CCCCN1. The molecule has 5 amide bonds. The van der Waals surface area contributed by atoms with Crippen LogP contribution in [0.2, 0.25) is 0 Å². The summed E-state index contributed by atoms with van der Waals surface area (Å²) in [6.07, 6.45) is 9.29. The number of carboxylic acid groups (broad SMARTS) is 1. The Labute approximate surface area is 268 Å². The van der Waals surface area contributed by atoms with E-state index in [4.69, 9.17) is 0 Å². The van der Waals surface area contributed by atoms with Gasteiger partial charge in [0.2, 0.25) is 29.5 Å². The number of nitrogens with zero attached hydrogens (tertiary/aromatic N) is 2. The maximum absolute atomic E-state index is 14.1. The Morgan fingerprint density at radius 3 is 2.41 bits per heavy atom.